The molecule has 0 aromatic heterocycles. The third-order valence-electron chi connectivity index (χ3n) is 3.31. The Kier molecular flexibility index (Phi) is 5.94. The van der Waals surface area contributed by atoms with Gasteiger partial charge >= 0.3 is 0 Å². The molecule has 1 atom stereocenters. The lowest BCUT2D eigenvalue weighted by molar-refractivity contribution is -0.385. The Morgan fingerprint density at radius 2 is 1.92 bits per heavy atom. The molecule has 0 saturated heterocycles. The molecule has 128 valence electrons. The largest absolute Gasteiger partial charge is 0.387 e. The molecule has 0 fully saturated rings. The highest BCUT2D eigenvalue weighted by molar-refractivity contribution is 7.98. The molecule has 24 heavy (non-hydrogen) atoms. The van der Waals surface area contributed by atoms with Crippen molar-refractivity contribution in [1.29, 1.82) is 0 Å². The number of nitrogens with one attached hydrogen (secondary N) is 1. The second-order valence-corrected chi connectivity index (χ2v) is 7.54. The molecule has 0 saturated carbocycles. The summed E-state index contributed by atoms with van der Waals surface area (Å²) in [7, 11) is -3.95. The van der Waals surface area contributed by atoms with Crippen LogP contribution in [-0.4, -0.2) is 31.2 Å². The number of benzene rings is 2. The summed E-state index contributed by atoms with van der Waals surface area (Å²) in [5.41, 5.74) is 0.264. The predicted octanol–water partition coefficient (Wildman–Crippen LogP) is 2.33. The maximum Gasteiger partial charge on any atom is 0.270 e. The van der Waals surface area contributed by atoms with E-state index < -0.39 is 21.1 Å². The minimum atomic E-state index is -3.95. The molecule has 1 unspecified atom stereocenters. The van der Waals surface area contributed by atoms with Crippen molar-refractivity contribution in [3.05, 3.63) is 64.2 Å². The Hall–Kier alpha value is -1.94. The van der Waals surface area contributed by atoms with E-state index in [2.05, 4.69) is 4.72 Å². The van der Waals surface area contributed by atoms with Gasteiger partial charge in [0.05, 0.1) is 15.9 Å². The number of hydrogen-bond donors (Lipinski definition) is 2. The van der Waals surface area contributed by atoms with Gasteiger partial charge in [-0.25, -0.2) is 13.1 Å². The number of nitro groups is 1. The molecule has 0 aliphatic heterocycles. The highest BCUT2D eigenvalue weighted by Crippen LogP contribution is 2.20. The number of sulfonamides is 1. The lowest BCUT2D eigenvalue weighted by atomic mass is 10.1. The lowest BCUT2D eigenvalue weighted by Gasteiger charge is -2.13. The average Bonchev–Trinajstić information content (AvgIpc) is 2.60. The standard InChI is InChI=1S/C15H16N2O5S2/c1-23-13-7-5-11(6-8-13)15(18)10-16-24(21,22)14-4-2-3-12(9-14)17(19)20/h2-9,15-16,18H,10H2,1H3. The molecule has 2 rings (SSSR count). The summed E-state index contributed by atoms with van der Waals surface area (Å²) < 4.78 is 26.7. The number of hydrogen-bond acceptors (Lipinski definition) is 6. The number of thioether (sulfide) groups is 1. The van der Waals surface area contributed by atoms with Gasteiger partial charge in [0, 0.05) is 23.6 Å². The molecule has 2 aromatic carbocycles. The molecule has 2 aromatic rings. The molecule has 2 N–H and O–H groups in total. The number of aliphatic hydroxyl groups excluding tert-OH is 1. The predicted molar refractivity (Wildman–Crippen MR) is 91.5 cm³/mol. The summed E-state index contributed by atoms with van der Waals surface area (Å²) >= 11 is 1.56. The number of non-ortho nitro benzene ring substituents is 1. The Morgan fingerprint density at radius 3 is 2.50 bits per heavy atom. The third kappa shape index (κ3) is 4.54. The van der Waals surface area contributed by atoms with Crippen molar-refractivity contribution in [1.82, 2.24) is 4.72 Å². The minimum absolute atomic E-state index is 0.221. The van der Waals surface area contributed by atoms with Crippen LogP contribution in [0, 0.1) is 10.1 Å². The van der Waals surface area contributed by atoms with Crippen LogP contribution in [0.2, 0.25) is 0 Å². The quantitative estimate of drug-likeness (QED) is 0.441. The topological polar surface area (TPSA) is 110 Å². The maximum absolute atomic E-state index is 12.2. The molecule has 0 heterocycles. The van der Waals surface area contributed by atoms with Gasteiger partial charge in [0.1, 0.15) is 0 Å². The highest BCUT2D eigenvalue weighted by Gasteiger charge is 2.19. The zero-order valence-electron chi connectivity index (χ0n) is 12.7. The number of nitrogens with zero attached hydrogens (tertiary/aromatic N) is 1. The van der Waals surface area contributed by atoms with E-state index in [4.69, 9.17) is 0 Å². The fraction of sp³-hybridized carbons (Fsp3) is 0.200. The second kappa shape index (κ2) is 7.75. The van der Waals surface area contributed by atoms with Crippen LogP contribution in [0.3, 0.4) is 0 Å². The molecule has 0 amide bonds. The Balaban J connectivity index is 2.08. The zero-order valence-corrected chi connectivity index (χ0v) is 14.4. The van der Waals surface area contributed by atoms with Crippen LogP contribution in [0.5, 0.6) is 0 Å². The molecule has 0 radical (unpaired) electrons. The number of nitro benzene ring substituents is 1. The SMILES string of the molecule is CSc1ccc(C(O)CNS(=O)(=O)c2cccc([N+](=O)[O-])c2)cc1. The van der Waals surface area contributed by atoms with E-state index in [-0.39, 0.29) is 17.1 Å². The van der Waals surface area contributed by atoms with E-state index in [1.54, 1.807) is 23.9 Å². The van der Waals surface area contributed by atoms with Crippen LogP contribution in [0.25, 0.3) is 0 Å². The molecule has 0 bridgehead atoms. The Bertz CT molecular complexity index is 822. The molecular formula is C15H16N2O5S2. The van der Waals surface area contributed by atoms with E-state index in [1.165, 1.54) is 18.2 Å². The van der Waals surface area contributed by atoms with Crippen molar-refractivity contribution >= 4 is 27.5 Å². The van der Waals surface area contributed by atoms with Crippen LogP contribution in [0.4, 0.5) is 5.69 Å². The summed E-state index contributed by atoms with van der Waals surface area (Å²) in [5.74, 6) is 0. The van der Waals surface area contributed by atoms with Crippen LogP contribution in [0.15, 0.2) is 58.3 Å². The molecule has 0 aliphatic rings. The first-order valence-electron chi connectivity index (χ1n) is 6.89. The fourth-order valence-corrected chi connectivity index (χ4v) is 3.47. The number of aliphatic hydroxyl groups is 1. The van der Waals surface area contributed by atoms with Gasteiger partial charge in [0.25, 0.3) is 5.69 Å². The summed E-state index contributed by atoms with van der Waals surface area (Å²) in [6.07, 6.45) is 0.910. The average molecular weight is 368 g/mol. The zero-order chi connectivity index (χ0) is 17.7. The summed E-state index contributed by atoms with van der Waals surface area (Å²) in [5, 5.41) is 20.8. The molecule has 7 nitrogen and oxygen atoms in total. The molecular weight excluding hydrogens is 352 g/mol. The molecule has 9 heteroatoms. The molecule has 0 spiro atoms. The fourth-order valence-electron chi connectivity index (χ4n) is 1.98. The van der Waals surface area contributed by atoms with Crippen molar-refractivity contribution in [2.75, 3.05) is 12.8 Å². The highest BCUT2D eigenvalue weighted by atomic mass is 32.2. The first-order valence-corrected chi connectivity index (χ1v) is 9.60. The van der Waals surface area contributed by atoms with Crippen molar-refractivity contribution in [2.45, 2.75) is 15.9 Å². The van der Waals surface area contributed by atoms with Crippen LogP contribution in [-0.2, 0) is 10.0 Å². The molecule has 0 aliphatic carbocycles. The van der Waals surface area contributed by atoms with Gasteiger partial charge in [0.2, 0.25) is 10.0 Å². The summed E-state index contributed by atoms with van der Waals surface area (Å²) in [6.45, 7) is -0.233. The van der Waals surface area contributed by atoms with Gasteiger partial charge in [0.15, 0.2) is 0 Å². The Labute approximate surface area is 143 Å². The van der Waals surface area contributed by atoms with Gasteiger partial charge in [-0.15, -0.1) is 11.8 Å². The van der Waals surface area contributed by atoms with Gasteiger partial charge in [-0.3, -0.25) is 10.1 Å². The van der Waals surface area contributed by atoms with Crippen LogP contribution in [0.1, 0.15) is 11.7 Å². The van der Waals surface area contributed by atoms with E-state index in [0.29, 0.717) is 5.56 Å². The summed E-state index contributed by atoms with van der Waals surface area (Å²) in [6, 6.07) is 11.8. The monoisotopic (exact) mass is 368 g/mol. The first-order chi connectivity index (χ1) is 11.3. The van der Waals surface area contributed by atoms with E-state index in [9.17, 15) is 23.6 Å². The summed E-state index contributed by atoms with van der Waals surface area (Å²) in [4.78, 5) is 10.9. The van der Waals surface area contributed by atoms with E-state index >= 15 is 0 Å². The first kappa shape index (κ1) is 18.4. The third-order valence-corrected chi connectivity index (χ3v) is 5.47. The Morgan fingerprint density at radius 1 is 1.25 bits per heavy atom. The van der Waals surface area contributed by atoms with Crippen molar-refractivity contribution < 1.29 is 18.4 Å². The second-order valence-electron chi connectivity index (χ2n) is 4.90. The van der Waals surface area contributed by atoms with Gasteiger partial charge < -0.3 is 5.11 Å². The van der Waals surface area contributed by atoms with Crippen molar-refractivity contribution in [3.63, 3.8) is 0 Å². The van der Waals surface area contributed by atoms with Crippen molar-refractivity contribution in [2.24, 2.45) is 0 Å². The van der Waals surface area contributed by atoms with Gasteiger partial charge in [-0.05, 0) is 30.0 Å². The number of rotatable bonds is 7. The van der Waals surface area contributed by atoms with E-state index in [0.717, 1.165) is 11.0 Å². The lowest BCUT2D eigenvalue weighted by Crippen LogP contribution is -2.28. The normalized spacial score (nSPS) is 12.8. The minimum Gasteiger partial charge on any atom is -0.387 e. The van der Waals surface area contributed by atoms with Crippen LogP contribution < -0.4 is 4.72 Å². The van der Waals surface area contributed by atoms with Gasteiger partial charge in [-0.2, -0.15) is 0 Å². The maximum atomic E-state index is 12.2. The van der Waals surface area contributed by atoms with Crippen LogP contribution >= 0.6 is 11.8 Å². The smallest absolute Gasteiger partial charge is 0.270 e. The van der Waals surface area contributed by atoms with Crippen molar-refractivity contribution in [3.8, 4) is 0 Å². The van der Waals surface area contributed by atoms with E-state index in [1.807, 2.05) is 18.4 Å². The van der Waals surface area contributed by atoms with Gasteiger partial charge in [-0.1, -0.05) is 18.2 Å².